The van der Waals surface area contributed by atoms with E-state index in [0.29, 0.717) is 6.54 Å². The first-order valence-corrected chi connectivity index (χ1v) is 6.98. The van der Waals surface area contributed by atoms with Crippen molar-refractivity contribution in [2.75, 3.05) is 11.4 Å². The summed E-state index contributed by atoms with van der Waals surface area (Å²) in [7, 11) is 0. The summed E-state index contributed by atoms with van der Waals surface area (Å²) in [6.45, 7) is 2.79. The van der Waals surface area contributed by atoms with E-state index >= 15 is 0 Å². The van der Waals surface area contributed by atoms with Crippen LogP contribution in [0.2, 0.25) is 0 Å². The molecule has 0 aromatic heterocycles. The number of rotatable bonds is 6. The highest BCUT2D eigenvalue weighted by Crippen LogP contribution is 2.25. The number of carbonyl (C=O) groups is 1. The maximum absolute atomic E-state index is 11.8. The summed E-state index contributed by atoms with van der Waals surface area (Å²) in [6.07, 6.45) is 5.40. The number of aromatic hydroxyl groups is 1. The first-order valence-electron chi connectivity index (χ1n) is 6.98. The van der Waals surface area contributed by atoms with Crippen molar-refractivity contribution in [1.29, 1.82) is 0 Å². The molecular weight excluding hydrogens is 242 g/mol. The second-order valence-electron chi connectivity index (χ2n) is 4.98. The van der Waals surface area contributed by atoms with Gasteiger partial charge in [0.2, 0.25) is 0 Å². The lowest BCUT2D eigenvalue weighted by atomic mass is 10.1. The topological polar surface area (TPSA) is 49.8 Å². The SMILES string of the molecule is CCCCCCC1CN(c2ccc(O)cc2)C(=O)O1. The van der Waals surface area contributed by atoms with E-state index < -0.39 is 0 Å². The average Bonchev–Trinajstić information content (AvgIpc) is 2.77. The van der Waals surface area contributed by atoms with E-state index in [-0.39, 0.29) is 17.9 Å². The zero-order valence-corrected chi connectivity index (χ0v) is 11.3. The number of hydrogen-bond donors (Lipinski definition) is 1. The van der Waals surface area contributed by atoms with Crippen LogP contribution in [0, 0.1) is 0 Å². The molecule has 1 heterocycles. The van der Waals surface area contributed by atoms with Gasteiger partial charge in [-0.1, -0.05) is 26.2 Å². The molecule has 1 aliphatic rings. The van der Waals surface area contributed by atoms with E-state index in [2.05, 4.69) is 6.92 Å². The van der Waals surface area contributed by atoms with Crippen molar-refractivity contribution in [2.24, 2.45) is 0 Å². The summed E-state index contributed by atoms with van der Waals surface area (Å²) in [5.74, 6) is 0.201. The third-order valence-electron chi connectivity index (χ3n) is 3.42. The molecule has 0 spiro atoms. The van der Waals surface area contributed by atoms with Crippen molar-refractivity contribution >= 4 is 11.8 Å². The van der Waals surface area contributed by atoms with Crippen molar-refractivity contribution in [3.05, 3.63) is 24.3 Å². The number of unbranched alkanes of at least 4 members (excludes halogenated alkanes) is 3. The first kappa shape index (κ1) is 13.7. The summed E-state index contributed by atoms with van der Waals surface area (Å²) in [4.78, 5) is 13.4. The summed E-state index contributed by atoms with van der Waals surface area (Å²) in [6, 6.07) is 6.63. The van der Waals surface area contributed by atoms with E-state index in [4.69, 9.17) is 4.74 Å². The zero-order valence-electron chi connectivity index (χ0n) is 11.3. The Hall–Kier alpha value is -1.71. The predicted octanol–water partition coefficient (Wildman–Crippen LogP) is 3.69. The fourth-order valence-electron chi connectivity index (χ4n) is 2.31. The molecule has 1 aromatic carbocycles. The van der Waals surface area contributed by atoms with Crippen LogP contribution in [0.1, 0.15) is 39.0 Å². The maximum Gasteiger partial charge on any atom is 0.414 e. The largest absolute Gasteiger partial charge is 0.508 e. The molecule has 19 heavy (non-hydrogen) atoms. The molecule has 0 bridgehead atoms. The van der Waals surface area contributed by atoms with Crippen LogP contribution >= 0.6 is 0 Å². The van der Waals surface area contributed by atoms with Crippen LogP contribution in [0.15, 0.2) is 24.3 Å². The number of phenols is 1. The average molecular weight is 263 g/mol. The second-order valence-corrected chi connectivity index (χ2v) is 4.98. The molecule has 1 aliphatic heterocycles. The Morgan fingerprint density at radius 3 is 2.68 bits per heavy atom. The van der Waals surface area contributed by atoms with E-state index in [1.165, 1.54) is 19.3 Å². The fraction of sp³-hybridized carbons (Fsp3) is 0.533. The van der Waals surface area contributed by atoms with Crippen LogP contribution < -0.4 is 4.90 Å². The molecule has 1 fully saturated rings. The molecule has 4 heteroatoms. The third kappa shape index (κ3) is 3.63. The molecule has 1 aromatic rings. The van der Waals surface area contributed by atoms with E-state index in [1.54, 1.807) is 29.2 Å². The predicted molar refractivity (Wildman–Crippen MR) is 74.5 cm³/mol. The summed E-state index contributed by atoms with van der Waals surface area (Å²) in [5.41, 5.74) is 0.777. The highest BCUT2D eigenvalue weighted by molar-refractivity contribution is 5.89. The smallest absolute Gasteiger partial charge is 0.414 e. The van der Waals surface area contributed by atoms with Gasteiger partial charge in [0.1, 0.15) is 11.9 Å². The number of amides is 1. The van der Waals surface area contributed by atoms with Crippen LogP contribution in [0.5, 0.6) is 5.75 Å². The number of hydrogen-bond acceptors (Lipinski definition) is 3. The first-order chi connectivity index (χ1) is 9.20. The van der Waals surface area contributed by atoms with Gasteiger partial charge in [-0.05, 0) is 37.1 Å². The fourth-order valence-corrected chi connectivity index (χ4v) is 2.31. The van der Waals surface area contributed by atoms with Gasteiger partial charge in [0.15, 0.2) is 0 Å². The maximum atomic E-state index is 11.8. The van der Waals surface area contributed by atoms with Gasteiger partial charge >= 0.3 is 6.09 Å². The van der Waals surface area contributed by atoms with Crippen molar-refractivity contribution in [2.45, 2.75) is 45.1 Å². The Morgan fingerprint density at radius 2 is 2.00 bits per heavy atom. The Morgan fingerprint density at radius 1 is 1.26 bits per heavy atom. The van der Waals surface area contributed by atoms with E-state index in [0.717, 1.165) is 18.5 Å². The number of benzene rings is 1. The Bertz CT molecular complexity index is 416. The quantitative estimate of drug-likeness (QED) is 0.796. The van der Waals surface area contributed by atoms with Crippen molar-refractivity contribution in [3.63, 3.8) is 0 Å². The van der Waals surface area contributed by atoms with Crippen LogP contribution in [0.4, 0.5) is 10.5 Å². The minimum Gasteiger partial charge on any atom is -0.508 e. The lowest BCUT2D eigenvalue weighted by Crippen LogP contribution is -2.24. The van der Waals surface area contributed by atoms with Crippen LogP contribution in [-0.4, -0.2) is 23.8 Å². The molecule has 1 amide bonds. The second kappa shape index (κ2) is 6.45. The number of cyclic esters (lactones) is 1. The van der Waals surface area contributed by atoms with Gasteiger partial charge in [-0.3, -0.25) is 4.90 Å². The van der Waals surface area contributed by atoms with Gasteiger partial charge < -0.3 is 9.84 Å². The Balaban J connectivity index is 1.87. The molecule has 4 nitrogen and oxygen atoms in total. The lowest BCUT2D eigenvalue weighted by Gasteiger charge is -2.12. The monoisotopic (exact) mass is 263 g/mol. The number of anilines is 1. The highest BCUT2D eigenvalue weighted by Gasteiger charge is 2.31. The number of carbonyl (C=O) groups excluding carboxylic acids is 1. The zero-order chi connectivity index (χ0) is 13.7. The lowest BCUT2D eigenvalue weighted by molar-refractivity contribution is 0.135. The normalized spacial score (nSPS) is 18.7. The van der Waals surface area contributed by atoms with Gasteiger partial charge in [-0.25, -0.2) is 4.79 Å². The number of nitrogens with zero attached hydrogens (tertiary/aromatic N) is 1. The molecule has 0 radical (unpaired) electrons. The molecule has 2 rings (SSSR count). The van der Waals surface area contributed by atoms with Gasteiger partial charge in [0.05, 0.1) is 6.54 Å². The van der Waals surface area contributed by atoms with Gasteiger partial charge in [0.25, 0.3) is 0 Å². The molecule has 0 saturated carbocycles. The van der Waals surface area contributed by atoms with Crippen LogP contribution in [0.3, 0.4) is 0 Å². The standard InChI is InChI=1S/C15H21NO3/c1-2-3-4-5-6-14-11-16(15(18)19-14)12-7-9-13(17)10-8-12/h7-10,14,17H,2-6,11H2,1H3. The Labute approximate surface area is 114 Å². The summed E-state index contributed by atoms with van der Waals surface area (Å²) < 4.78 is 5.36. The van der Waals surface area contributed by atoms with Crippen molar-refractivity contribution in [1.82, 2.24) is 0 Å². The van der Waals surface area contributed by atoms with E-state index in [9.17, 15) is 9.90 Å². The summed E-state index contributed by atoms with van der Waals surface area (Å²) >= 11 is 0. The van der Waals surface area contributed by atoms with Crippen LogP contribution in [0.25, 0.3) is 0 Å². The van der Waals surface area contributed by atoms with Crippen molar-refractivity contribution in [3.8, 4) is 5.75 Å². The summed E-state index contributed by atoms with van der Waals surface area (Å²) in [5, 5.41) is 9.25. The van der Waals surface area contributed by atoms with Crippen molar-refractivity contribution < 1.29 is 14.6 Å². The molecule has 1 unspecified atom stereocenters. The molecule has 0 aliphatic carbocycles. The van der Waals surface area contributed by atoms with Gasteiger partial charge in [0, 0.05) is 5.69 Å². The van der Waals surface area contributed by atoms with Gasteiger partial charge in [-0.15, -0.1) is 0 Å². The third-order valence-corrected chi connectivity index (χ3v) is 3.42. The van der Waals surface area contributed by atoms with Gasteiger partial charge in [-0.2, -0.15) is 0 Å². The molecule has 1 atom stereocenters. The molecule has 1 N–H and O–H groups in total. The van der Waals surface area contributed by atoms with Crippen LogP contribution in [-0.2, 0) is 4.74 Å². The number of ether oxygens (including phenoxy) is 1. The minimum atomic E-state index is -0.286. The molecule has 104 valence electrons. The Kier molecular flexibility index (Phi) is 4.66. The molecule has 1 saturated heterocycles. The number of phenolic OH excluding ortho intramolecular Hbond substituents is 1. The minimum absolute atomic E-state index is 0.00170. The highest BCUT2D eigenvalue weighted by atomic mass is 16.6. The molecular formula is C15H21NO3. The van der Waals surface area contributed by atoms with E-state index in [1.807, 2.05) is 0 Å².